The largest absolute Gasteiger partial charge is 0.311 e. The van der Waals surface area contributed by atoms with Gasteiger partial charge in [-0.15, -0.1) is 0 Å². The highest BCUT2D eigenvalue weighted by atomic mass is 79.9. The standard InChI is InChI=1S/C17H18BrNO/c1-11-5-8-16(13(3)9-11)19(4)17(20)15-10-14(18)7-6-12(15)2/h5-10H,1-4H3. The third-order valence-corrected chi connectivity index (χ3v) is 3.94. The summed E-state index contributed by atoms with van der Waals surface area (Å²) in [5, 5.41) is 0. The molecular formula is C17H18BrNO. The Bertz CT molecular complexity index is 664. The first-order chi connectivity index (χ1) is 9.40. The Morgan fingerprint density at radius 1 is 1.00 bits per heavy atom. The number of amides is 1. The van der Waals surface area contributed by atoms with E-state index in [0.717, 1.165) is 26.9 Å². The molecule has 0 heterocycles. The van der Waals surface area contributed by atoms with E-state index < -0.39 is 0 Å². The second-order valence-electron chi connectivity index (χ2n) is 5.11. The van der Waals surface area contributed by atoms with Crippen molar-refractivity contribution in [1.82, 2.24) is 0 Å². The van der Waals surface area contributed by atoms with Crippen LogP contribution in [-0.4, -0.2) is 13.0 Å². The Morgan fingerprint density at radius 3 is 2.35 bits per heavy atom. The van der Waals surface area contributed by atoms with Crippen LogP contribution in [-0.2, 0) is 0 Å². The van der Waals surface area contributed by atoms with Crippen molar-refractivity contribution in [3.8, 4) is 0 Å². The normalized spacial score (nSPS) is 10.4. The second-order valence-corrected chi connectivity index (χ2v) is 6.03. The SMILES string of the molecule is Cc1ccc(N(C)C(=O)c2cc(Br)ccc2C)c(C)c1. The maximum Gasteiger partial charge on any atom is 0.258 e. The average Bonchev–Trinajstić information content (AvgIpc) is 2.40. The Balaban J connectivity index is 2.40. The van der Waals surface area contributed by atoms with Gasteiger partial charge in [0.1, 0.15) is 0 Å². The second kappa shape index (κ2) is 5.80. The maximum atomic E-state index is 12.7. The summed E-state index contributed by atoms with van der Waals surface area (Å²) in [5.41, 5.74) is 4.95. The van der Waals surface area contributed by atoms with Crippen molar-refractivity contribution >= 4 is 27.5 Å². The first-order valence-electron chi connectivity index (χ1n) is 6.51. The zero-order valence-corrected chi connectivity index (χ0v) is 13.8. The molecular weight excluding hydrogens is 314 g/mol. The van der Waals surface area contributed by atoms with Gasteiger partial charge in [0.05, 0.1) is 0 Å². The van der Waals surface area contributed by atoms with E-state index in [1.165, 1.54) is 5.56 Å². The number of hydrogen-bond acceptors (Lipinski definition) is 1. The van der Waals surface area contributed by atoms with E-state index in [1.807, 2.05) is 51.2 Å². The lowest BCUT2D eigenvalue weighted by Crippen LogP contribution is -2.27. The summed E-state index contributed by atoms with van der Waals surface area (Å²) in [4.78, 5) is 14.4. The van der Waals surface area contributed by atoms with E-state index in [-0.39, 0.29) is 5.91 Å². The van der Waals surface area contributed by atoms with Gasteiger partial charge in [-0.25, -0.2) is 0 Å². The summed E-state index contributed by atoms with van der Waals surface area (Å²) >= 11 is 3.42. The number of aryl methyl sites for hydroxylation is 3. The van der Waals surface area contributed by atoms with Crippen LogP contribution in [0, 0.1) is 20.8 Å². The van der Waals surface area contributed by atoms with E-state index in [9.17, 15) is 4.79 Å². The van der Waals surface area contributed by atoms with Gasteiger partial charge < -0.3 is 4.90 Å². The zero-order valence-electron chi connectivity index (χ0n) is 12.2. The van der Waals surface area contributed by atoms with Crippen molar-refractivity contribution in [2.24, 2.45) is 0 Å². The third kappa shape index (κ3) is 2.93. The van der Waals surface area contributed by atoms with E-state index in [2.05, 4.69) is 28.9 Å². The Kier molecular flexibility index (Phi) is 4.29. The summed E-state index contributed by atoms with van der Waals surface area (Å²) < 4.78 is 0.917. The maximum absolute atomic E-state index is 12.7. The molecule has 0 radical (unpaired) electrons. The van der Waals surface area contributed by atoms with Crippen LogP contribution in [0.5, 0.6) is 0 Å². The lowest BCUT2D eigenvalue weighted by Gasteiger charge is -2.21. The van der Waals surface area contributed by atoms with Gasteiger partial charge in [0.2, 0.25) is 0 Å². The molecule has 3 heteroatoms. The molecule has 0 aliphatic rings. The number of halogens is 1. The first-order valence-corrected chi connectivity index (χ1v) is 7.31. The Hall–Kier alpha value is -1.61. The molecule has 0 spiro atoms. The molecule has 0 atom stereocenters. The fourth-order valence-corrected chi connectivity index (χ4v) is 2.66. The van der Waals surface area contributed by atoms with Crippen LogP contribution < -0.4 is 4.90 Å². The molecule has 0 fully saturated rings. The summed E-state index contributed by atoms with van der Waals surface area (Å²) in [6.07, 6.45) is 0. The van der Waals surface area contributed by atoms with Crippen LogP contribution in [0.3, 0.4) is 0 Å². The molecule has 20 heavy (non-hydrogen) atoms. The molecule has 0 saturated heterocycles. The average molecular weight is 332 g/mol. The van der Waals surface area contributed by atoms with Gasteiger partial charge in [0.25, 0.3) is 5.91 Å². The number of carbonyl (C=O) groups excluding carboxylic acids is 1. The minimum absolute atomic E-state index is 0.00996. The Labute approximate surface area is 128 Å². The summed E-state index contributed by atoms with van der Waals surface area (Å²) in [6, 6.07) is 11.9. The monoisotopic (exact) mass is 331 g/mol. The van der Waals surface area contributed by atoms with Gasteiger partial charge in [0, 0.05) is 22.8 Å². The predicted molar refractivity (Wildman–Crippen MR) is 87.5 cm³/mol. The minimum atomic E-state index is 0.00996. The minimum Gasteiger partial charge on any atom is -0.311 e. The molecule has 1 amide bonds. The van der Waals surface area contributed by atoms with Gasteiger partial charge in [-0.05, 0) is 50.1 Å². The van der Waals surface area contributed by atoms with Crippen LogP contribution in [0.25, 0.3) is 0 Å². The topological polar surface area (TPSA) is 20.3 Å². The lowest BCUT2D eigenvalue weighted by molar-refractivity contribution is 0.0992. The highest BCUT2D eigenvalue weighted by molar-refractivity contribution is 9.10. The Morgan fingerprint density at radius 2 is 1.70 bits per heavy atom. The molecule has 2 nitrogen and oxygen atoms in total. The lowest BCUT2D eigenvalue weighted by atomic mass is 10.1. The number of carbonyl (C=O) groups is 1. The van der Waals surface area contributed by atoms with Crippen molar-refractivity contribution in [3.63, 3.8) is 0 Å². The number of benzene rings is 2. The van der Waals surface area contributed by atoms with Crippen LogP contribution in [0.2, 0.25) is 0 Å². The first kappa shape index (κ1) is 14.8. The predicted octanol–water partition coefficient (Wildman–Crippen LogP) is 4.65. The van der Waals surface area contributed by atoms with Gasteiger partial charge in [0.15, 0.2) is 0 Å². The molecule has 0 unspecified atom stereocenters. The third-order valence-electron chi connectivity index (χ3n) is 3.45. The fourth-order valence-electron chi connectivity index (χ4n) is 2.30. The summed E-state index contributed by atoms with van der Waals surface area (Å²) in [6.45, 7) is 6.03. The number of anilines is 1. The summed E-state index contributed by atoms with van der Waals surface area (Å²) in [7, 11) is 1.82. The molecule has 2 rings (SSSR count). The highest BCUT2D eigenvalue weighted by Crippen LogP contribution is 2.24. The molecule has 0 aromatic heterocycles. The van der Waals surface area contributed by atoms with Crippen LogP contribution >= 0.6 is 15.9 Å². The van der Waals surface area contributed by atoms with E-state index >= 15 is 0 Å². The van der Waals surface area contributed by atoms with E-state index in [4.69, 9.17) is 0 Å². The van der Waals surface area contributed by atoms with E-state index in [0.29, 0.717) is 0 Å². The van der Waals surface area contributed by atoms with E-state index in [1.54, 1.807) is 4.90 Å². The number of rotatable bonds is 2. The van der Waals surface area contributed by atoms with Crippen LogP contribution in [0.1, 0.15) is 27.0 Å². The summed E-state index contributed by atoms with van der Waals surface area (Å²) in [5.74, 6) is 0.00996. The molecule has 104 valence electrons. The van der Waals surface area contributed by atoms with Gasteiger partial charge in [-0.3, -0.25) is 4.79 Å². The number of hydrogen-bond donors (Lipinski definition) is 0. The van der Waals surface area contributed by atoms with Crippen molar-refractivity contribution in [1.29, 1.82) is 0 Å². The van der Waals surface area contributed by atoms with Crippen LogP contribution in [0.4, 0.5) is 5.69 Å². The van der Waals surface area contributed by atoms with Gasteiger partial charge >= 0.3 is 0 Å². The molecule has 0 saturated carbocycles. The van der Waals surface area contributed by atoms with Crippen molar-refractivity contribution in [3.05, 3.63) is 63.1 Å². The molecule has 0 N–H and O–H groups in total. The van der Waals surface area contributed by atoms with Crippen molar-refractivity contribution < 1.29 is 4.79 Å². The number of nitrogens with zero attached hydrogens (tertiary/aromatic N) is 1. The highest BCUT2D eigenvalue weighted by Gasteiger charge is 2.17. The molecule has 2 aromatic carbocycles. The zero-order chi connectivity index (χ0) is 14.9. The fraction of sp³-hybridized carbons (Fsp3) is 0.235. The van der Waals surface area contributed by atoms with Gasteiger partial charge in [-0.1, -0.05) is 39.7 Å². The molecule has 2 aromatic rings. The molecule has 0 bridgehead atoms. The molecule has 0 aliphatic heterocycles. The van der Waals surface area contributed by atoms with Crippen LogP contribution in [0.15, 0.2) is 40.9 Å². The van der Waals surface area contributed by atoms with Crippen molar-refractivity contribution in [2.45, 2.75) is 20.8 Å². The molecule has 0 aliphatic carbocycles. The quantitative estimate of drug-likeness (QED) is 0.784. The smallest absolute Gasteiger partial charge is 0.258 e. The van der Waals surface area contributed by atoms with Gasteiger partial charge in [-0.2, -0.15) is 0 Å². The van der Waals surface area contributed by atoms with Crippen molar-refractivity contribution in [2.75, 3.05) is 11.9 Å².